The zero-order valence-electron chi connectivity index (χ0n) is 4.24. The van der Waals surface area contributed by atoms with Crippen LogP contribution in [0, 0.1) is 0 Å². The van der Waals surface area contributed by atoms with Gasteiger partial charge in [-0.1, -0.05) is 0 Å². The summed E-state index contributed by atoms with van der Waals surface area (Å²) in [7, 11) is 0. The van der Waals surface area contributed by atoms with Crippen molar-refractivity contribution in [2.45, 2.75) is 6.43 Å². The van der Waals surface area contributed by atoms with Gasteiger partial charge in [-0.25, -0.2) is 13.8 Å². The third-order valence-electron chi connectivity index (χ3n) is 0.800. The first kappa shape index (κ1) is 6.48. The van der Waals surface area contributed by atoms with Crippen LogP contribution in [0.2, 0.25) is 5.28 Å². The van der Waals surface area contributed by atoms with Gasteiger partial charge in [0.1, 0.15) is 5.69 Å². The predicted molar refractivity (Wildman–Crippen MR) is 28.6 cm³/mol. The van der Waals surface area contributed by atoms with Crippen LogP contribution in [-0.4, -0.2) is 9.97 Å². The molecule has 2 nitrogen and oxygen atoms in total. The maximum absolute atomic E-state index is 11.7. The summed E-state index contributed by atoms with van der Waals surface area (Å²) in [5.74, 6) is 0. The predicted octanol–water partition coefficient (Wildman–Crippen LogP) is 2.00. The third kappa shape index (κ3) is 1.38. The van der Waals surface area contributed by atoms with E-state index in [2.05, 4.69) is 9.97 Å². The molecule has 1 aromatic heterocycles. The molecule has 1 aromatic rings. The molecule has 0 aliphatic carbocycles. The zero-order valence-corrected chi connectivity index (χ0v) is 4.99. The van der Waals surface area contributed by atoms with Crippen molar-refractivity contribution in [1.29, 1.82) is 0 Å². The van der Waals surface area contributed by atoms with Gasteiger partial charge in [-0.15, -0.1) is 0 Å². The van der Waals surface area contributed by atoms with Crippen molar-refractivity contribution in [2.75, 3.05) is 0 Å². The van der Waals surface area contributed by atoms with Gasteiger partial charge in [0.15, 0.2) is 5.28 Å². The second-order valence-corrected chi connectivity index (χ2v) is 1.79. The summed E-state index contributed by atoms with van der Waals surface area (Å²) >= 11 is 5.20. The van der Waals surface area contributed by atoms with Crippen LogP contribution in [0.25, 0.3) is 0 Å². The molecule has 0 unspecified atom stereocenters. The first-order chi connectivity index (χ1) is 4.20. The smallest absolute Gasteiger partial charge is 0.279 e. The first-order valence-electron chi connectivity index (χ1n) is 2.18. The van der Waals surface area contributed by atoms with E-state index in [1.54, 1.807) is 0 Å². The summed E-state index contributed by atoms with van der Waals surface area (Å²) in [6.07, 6.45) is -1.52. The van der Waals surface area contributed by atoms with Crippen LogP contribution in [0.4, 0.5) is 8.78 Å². The van der Waals surface area contributed by atoms with Gasteiger partial charge in [-0.3, -0.25) is 0 Å². The van der Waals surface area contributed by atoms with E-state index in [9.17, 15) is 8.78 Å². The average Bonchev–Trinajstić information content (AvgIpc) is 2.14. The molecule has 1 N–H and O–H groups in total. The lowest BCUT2D eigenvalue weighted by Crippen LogP contribution is -1.80. The minimum Gasteiger partial charge on any atom is -0.328 e. The monoisotopic (exact) mass is 152 g/mol. The number of alkyl halides is 2. The quantitative estimate of drug-likeness (QED) is 0.655. The highest BCUT2D eigenvalue weighted by atomic mass is 35.5. The van der Waals surface area contributed by atoms with Crippen LogP contribution in [0.1, 0.15) is 12.1 Å². The number of nitrogens with zero attached hydrogens (tertiary/aromatic N) is 1. The van der Waals surface area contributed by atoms with Crippen molar-refractivity contribution in [3.63, 3.8) is 0 Å². The summed E-state index contributed by atoms with van der Waals surface area (Å²) in [5, 5.41) is -0.00898. The van der Waals surface area contributed by atoms with Crippen LogP contribution in [0.3, 0.4) is 0 Å². The summed E-state index contributed by atoms with van der Waals surface area (Å²) in [6, 6.07) is 0. The minimum absolute atomic E-state index is 0.00898. The molecule has 0 spiro atoms. The molecule has 0 atom stereocenters. The second-order valence-electron chi connectivity index (χ2n) is 1.43. The fourth-order valence-corrected chi connectivity index (χ4v) is 0.579. The van der Waals surface area contributed by atoms with Gasteiger partial charge < -0.3 is 4.98 Å². The Kier molecular flexibility index (Phi) is 1.66. The molecule has 5 heteroatoms. The van der Waals surface area contributed by atoms with Crippen molar-refractivity contribution in [1.82, 2.24) is 9.97 Å². The molecule has 0 saturated heterocycles. The Balaban J connectivity index is 2.85. The molecule has 0 amide bonds. The first-order valence-corrected chi connectivity index (χ1v) is 2.56. The van der Waals surface area contributed by atoms with E-state index in [4.69, 9.17) is 11.6 Å². The van der Waals surface area contributed by atoms with Gasteiger partial charge in [-0.2, -0.15) is 0 Å². The number of rotatable bonds is 1. The van der Waals surface area contributed by atoms with Gasteiger partial charge in [0, 0.05) is 0 Å². The molecule has 0 radical (unpaired) electrons. The summed E-state index contributed by atoms with van der Waals surface area (Å²) < 4.78 is 23.3. The molecule has 9 heavy (non-hydrogen) atoms. The minimum atomic E-state index is -2.52. The number of halogens is 3. The summed E-state index contributed by atoms with van der Waals surface area (Å²) in [4.78, 5) is 5.55. The number of hydrogen-bond donors (Lipinski definition) is 1. The van der Waals surface area contributed by atoms with E-state index in [0.717, 1.165) is 6.20 Å². The fourth-order valence-electron chi connectivity index (χ4n) is 0.421. The molecule has 1 heterocycles. The molecule has 1 rings (SSSR count). The van der Waals surface area contributed by atoms with Gasteiger partial charge in [0.05, 0.1) is 6.20 Å². The Morgan fingerprint density at radius 2 is 2.33 bits per heavy atom. The maximum Gasteiger partial charge on any atom is 0.279 e. The van der Waals surface area contributed by atoms with Crippen molar-refractivity contribution in [3.05, 3.63) is 17.2 Å². The number of imidazole rings is 1. The van der Waals surface area contributed by atoms with E-state index in [1.165, 1.54) is 0 Å². The summed E-state index contributed by atoms with van der Waals surface area (Å²) in [6.45, 7) is 0. The van der Waals surface area contributed by atoms with Gasteiger partial charge in [0.2, 0.25) is 0 Å². The molecular formula is C4H3ClF2N2. The number of nitrogens with one attached hydrogen (secondary N) is 1. The van der Waals surface area contributed by atoms with E-state index in [-0.39, 0.29) is 11.0 Å². The molecule has 0 aliphatic heterocycles. The van der Waals surface area contributed by atoms with E-state index >= 15 is 0 Å². The van der Waals surface area contributed by atoms with Crippen LogP contribution < -0.4 is 0 Å². The molecule has 0 saturated carbocycles. The molecule has 50 valence electrons. The normalized spacial score (nSPS) is 10.7. The van der Waals surface area contributed by atoms with Crippen molar-refractivity contribution in [3.8, 4) is 0 Å². The van der Waals surface area contributed by atoms with Crippen molar-refractivity contribution < 1.29 is 8.78 Å². The Morgan fingerprint density at radius 3 is 2.56 bits per heavy atom. The lowest BCUT2D eigenvalue weighted by atomic mass is 10.5. The highest BCUT2D eigenvalue weighted by Gasteiger charge is 2.08. The van der Waals surface area contributed by atoms with Crippen LogP contribution in [0.5, 0.6) is 0 Å². The second kappa shape index (κ2) is 2.31. The molecule has 0 bridgehead atoms. The lowest BCUT2D eigenvalue weighted by Gasteiger charge is -1.88. The number of H-pyrrole nitrogens is 1. The molecule has 0 fully saturated rings. The Hall–Kier alpha value is -0.640. The maximum atomic E-state index is 11.7. The number of hydrogen-bond acceptors (Lipinski definition) is 1. The largest absolute Gasteiger partial charge is 0.328 e. The van der Waals surface area contributed by atoms with E-state index in [1.807, 2.05) is 0 Å². The molecular weight excluding hydrogens is 150 g/mol. The molecule has 0 aromatic carbocycles. The highest BCUT2D eigenvalue weighted by molar-refractivity contribution is 6.28. The fraction of sp³-hybridized carbons (Fsp3) is 0.250. The highest BCUT2D eigenvalue weighted by Crippen LogP contribution is 2.16. The number of aromatic nitrogens is 2. The standard InChI is InChI=1S/C4H3ClF2N2/c5-4-8-1-2(9-4)3(6)7/h1,3H,(H,8,9). The van der Waals surface area contributed by atoms with Gasteiger partial charge in [0.25, 0.3) is 6.43 Å². The van der Waals surface area contributed by atoms with Crippen LogP contribution >= 0.6 is 11.6 Å². The lowest BCUT2D eigenvalue weighted by molar-refractivity contribution is 0.146. The van der Waals surface area contributed by atoms with Crippen molar-refractivity contribution in [2.24, 2.45) is 0 Å². The van der Waals surface area contributed by atoms with E-state index < -0.39 is 6.43 Å². The zero-order chi connectivity index (χ0) is 6.85. The Labute approximate surface area is 54.9 Å². The Morgan fingerprint density at radius 1 is 1.67 bits per heavy atom. The van der Waals surface area contributed by atoms with Gasteiger partial charge >= 0.3 is 0 Å². The van der Waals surface area contributed by atoms with Crippen LogP contribution in [0.15, 0.2) is 6.20 Å². The summed E-state index contributed by atoms with van der Waals surface area (Å²) in [5.41, 5.74) is -0.250. The van der Waals surface area contributed by atoms with E-state index in [0.29, 0.717) is 0 Å². The third-order valence-corrected chi connectivity index (χ3v) is 0.992. The number of aromatic amines is 1. The van der Waals surface area contributed by atoms with Gasteiger partial charge in [-0.05, 0) is 11.6 Å². The Bertz CT molecular complexity index is 198. The SMILES string of the molecule is FC(F)c1cnc(Cl)[nH]1. The molecule has 0 aliphatic rings. The topological polar surface area (TPSA) is 28.7 Å². The average molecular weight is 153 g/mol. The van der Waals surface area contributed by atoms with Crippen molar-refractivity contribution >= 4 is 11.6 Å². The van der Waals surface area contributed by atoms with Crippen LogP contribution in [-0.2, 0) is 0 Å².